The molecule has 0 radical (unpaired) electrons. The van der Waals surface area contributed by atoms with Crippen LogP contribution in [0.25, 0.3) is 84.1 Å². The first kappa shape index (κ1) is 25.6. The number of furan rings is 1. The third-order valence-electron chi connectivity index (χ3n) is 8.80. The van der Waals surface area contributed by atoms with Crippen molar-refractivity contribution in [2.45, 2.75) is 12.8 Å². The number of benzene rings is 6. The SMILES string of the molecule is C1=Cc2ccc(-c3nc(-c4ccccc4)nc(-c4ccc(-c5cccc6oc7ccccc7c56)c5ccccc45)n3)cc2CC1. The van der Waals surface area contributed by atoms with Crippen molar-refractivity contribution in [1.82, 2.24) is 15.0 Å². The molecule has 0 spiro atoms. The lowest BCUT2D eigenvalue weighted by molar-refractivity contribution is 0.669. The molecular weight excluding hydrogens is 550 g/mol. The van der Waals surface area contributed by atoms with Crippen LogP contribution in [-0.2, 0) is 6.42 Å². The van der Waals surface area contributed by atoms with Crippen molar-refractivity contribution in [2.24, 2.45) is 0 Å². The fourth-order valence-corrected chi connectivity index (χ4v) is 6.64. The molecule has 0 aliphatic heterocycles. The molecule has 4 nitrogen and oxygen atoms in total. The van der Waals surface area contributed by atoms with Crippen LogP contribution in [0, 0.1) is 0 Å². The Labute approximate surface area is 260 Å². The van der Waals surface area contributed by atoms with E-state index < -0.39 is 0 Å². The number of fused-ring (bicyclic) bond motifs is 5. The van der Waals surface area contributed by atoms with Crippen molar-refractivity contribution in [3.05, 3.63) is 145 Å². The maximum Gasteiger partial charge on any atom is 0.164 e. The van der Waals surface area contributed by atoms with E-state index in [9.17, 15) is 0 Å². The fraction of sp³-hybridized carbons (Fsp3) is 0.0488. The Bertz CT molecular complexity index is 2440. The van der Waals surface area contributed by atoms with Crippen LogP contribution in [0.2, 0.25) is 0 Å². The van der Waals surface area contributed by atoms with E-state index >= 15 is 0 Å². The molecule has 0 amide bonds. The Morgan fingerprint density at radius 2 is 1.18 bits per heavy atom. The molecule has 0 saturated carbocycles. The monoisotopic (exact) mass is 577 g/mol. The van der Waals surface area contributed by atoms with Gasteiger partial charge < -0.3 is 4.42 Å². The summed E-state index contributed by atoms with van der Waals surface area (Å²) in [6, 6.07) is 44.1. The minimum atomic E-state index is 0.659. The maximum atomic E-state index is 6.23. The lowest BCUT2D eigenvalue weighted by Gasteiger charge is -2.15. The highest BCUT2D eigenvalue weighted by Gasteiger charge is 2.19. The van der Waals surface area contributed by atoms with Crippen LogP contribution in [0.4, 0.5) is 0 Å². The molecular formula is C41H27N3O. The summed E-state index contributed by atoms with van der Waals surface area (Å²) in [4.78, 5) is 15.2. The van der Waals surface area contributed by atoms with Crippen LogP contribution in [0.3, 0.4) is 0 Å². The number of para-hydroxylation sites is 1. The Morgan fingerprint density at radius 1 is 0.489 bits per heavy atom. The molecule has 9 rings (SSSR count). The van der Waals surface area contributed by atoms with Gasteiger partial charge in [-0.05, 0) is 70.1 Å². The van der Waals surface area contributed by atoms with Crippen molar-refractivity contribution in [3.63, 3.8) is 0 Å². The van der Waals surface area contributed by atoms with Crippen LogP contribution in [0.15, 0.2) is 138 Å². The number of hydrogen-bond donors (Lipinski definition) is 0. The third kappa shape index (κ3) is 4.34. The van der Waals surface area contributed by atoms with Crippen LogP contribution in [0.1, 0.15) is 17.5 Å². The summed E-state index contributed by atoms with van der Waals surface area (Å²) < 4.78 is 6.23. The van der Waals surface area contributed by atoms with Gasteiger partial charge in [0.15, 0.2) is 17.5 Å². The molecule has 1 aliphatic rings. The maximum absolute atomic E-state index is 6.23. The number of nitrogens with zero attached hydrogens (tertiary/aromatic N) is 3. The zero-order chi connectivity index (χ0) is 29.7. The minimum Gasteiger partial charge on any atom is -0.456 e. The zero-order valence-corrected chi connectivity index (χ0v) is 24.4. The topological polar surface area (TPSA) is 51.8 Å². The van der Waals surface area contributed by atoms with E-state index in [4.69, 9.17) is 19.4 Å². The second-order valence-electron chi connectivity index (χ2n) is 11.5. The van der Waals surface area contributed by atoms with Gasteiger partial charge in [-0.15, -0.1) is 0 Å². The van der Waals surface area contributed by atoms with E-state index in [1.165, 1.54) is 11.1 Å². The molecule has 4 heteroatoms. The minimum absolute atomic E-state index is 0.659. The first-order chi connectivity index (χ1) is 22.3. The predicted octanol–water partition coefficient (Wildman–Crippen LogP) is 10.6. The molecule has 2 aromatic heterocycles. The first-order valence-electron chi connectivity index (χ1n) is 15.3. The van der Waals surface area contributed by atoms with Gasteiger partial charge >= 0.3 is 0 Å². The molecule has 0 unspecified atom stereocenters. The van der Waals surface area contributed by atoms with E-state index in [-0.39, 0.29) is 0 Å². The van der Waals surface area contributed by atoms with E-state index in [0.717, 1.165) is 73.4 Å². The molecule has 8 aromatic rings. The standard InChI is InChI=1S/C41H27N3O/c1-2-12-27(13-3-1)39-42-40(29-22-21-26-11-4-5-14-28(26)25-29)44-41(43-39)34-24-23-32(30-15-6-7-16-31(30)34)33-18-10-20-37-38(33)35-17-8-9-19-36(35)45-37/h1-4,6-13,15-25H,5,14H2. The van der Waals surface area contributed by atoms with Gasteiger partial charge in [-0.25, -0.2) is 15.0 Å². The van der Waals surface area contributed by atoms with E-state index in [2.05, 4.69) is 103 Å². The fourth-order valence-electron chi connectivity index (χ4n) is 6.64. The van der Waals surface area contributed by atoms with Gasteiger partial charge in [0.25, 0.3) is 0 Å². The van der Waals surface area contributed by atoms with Crippen molar-refractivity contribution in [1.29, 1.82) is 0 Å². The zero-order valence-electron chi connectivity index (χ0n) is 24.4. The second-order valence-corrected chi connectivity index (χ2v) is 11.5. The predicted molar refractivity (Wildman–Crippen MR) is 184 cm³/mol. The normalized spacial score (nSPS) is 12.6. The molecule has 0 atom stereocenters. The largest absolute Gasteiger partial charge is 0.456 e. The highest BCUT2D eigenvalue weighted by atomic mass is 16.3. The Hall–Kier alpha value is -5.87. The summed E-state index contributed by atoms with van der Waals surface area (Å²) in [7, 11) is 0. The number of aromatic nitrogens is 3. The second kappa shape index (κ2) is 10.4. The quantitative estimate of drug-likeness (QED) is 0.209. The van der Waals surface area contributed by atoms with Gasteiger partial charge in [0, 0.05) is 27.5 Å². The van der Waals surface area contributed by atoms with Gasteiger partial charge in [-0.2, -0.15) is 0 Å². The summed E-state index contributed by atoms with van der Waals surface area (Å²) in [6.45, 7) is 0. The van der Waals surface area contributed by atoms with Gasteiger partial charge in [0.1, 0.15) is 11.2 Å². The molecule has 0 fully saturated rings. The van der Waals surface area contributed by atoms with Crippen LogP contribution in [-0.4, -0.2) is 15.0 Å². The highest BCUT2D eigenvalue weighted by molar-refractivity contribution is 6.16. The van der Waals surface area contributed by atoms with Gasteiger partial charge in [0.2, 0.25) is 0 Å². The average Bonchev–Trinajstić information content (AvgIpc) is 3.50. The molecule has 212 valence electrons. The van der Waals surface area contributed by atoms with Gasteiger partial charge in [0.05, 0.1) is 0 Å². The van der Waals surface area contributed by atoms with Gasteiger partial charge in [-0.3, -0.25) is 0 Å². The van der Waals surface area contributed by atoms with Crippen molar-refractivity contribution < 1.29 is 4.42 Å². The molecule has 0 N–H and O–H groups in total. The lowest BCUT2D eigenvalue weighted by Crippen LogP contribution is -2.02. The number of hydrogen-bond acceptors (Lipinski definition) is 4. The van der Waals surface area contributed by atoms with Crippen LogP contribution >= 0.6 is 0 Å². The van der Waals surface area contributed by atoms with E-state index in [0.29, 0.717) is 17.5 Å². The summed E-state index contributed by atoms with van der Waals surface area (Å²) in [6.07, 6.45) is 6.51. The summed E-state index contributed by atoms with van der Waals surface area (Å²) >= 11 is 0. The molecule has 0 bridgehead atoms. The summed E-state index contributed by atoms with van der Waals surface area (Å²) in [5.41, 5.74) is 9.60. The molecule has 6 aromatic carbocycles. The number of aryl methyl sites for hydroxylation is 1. The van der Waals surface area contributed by atoms with Crippen molar-refractivity contribution in [2.75, 3.05) is 0 Å². The smallest absolute Gasteiger partial charge is 0.164 e. The Morgan fingerprint density at radius 3 is 2.04 bits per heavy atom. The molecule has 1 aliphatic carbocycles. The number of allylic oxidation sites excluding steroid dienone is 1. The molecule has 2 heterocycles. The van der Waals surface area contributed by atoms with E-state index in [1.54, 1.807) is 0 Å². The average molecular weight is 578 g/mol. The van der Waals surface area contributed by atoms with Crippen molar-refractivity contribution in [3.8, 4) is 45.3 Å². The van der Waals surface area contributed by atoms with Crippen LogP contribution < -0.4 is 0 Å². The van der Waals surface area contributed by atoms with Gasteiger partial charge in [-0.1, -0.05) is 115 Å². The molecule has 0 saturated heterocycles. The third-order valence-corrected chi connectivity index (χ3v) is 8.80. The summed E-state index contributed by atoms with van der Waals surface area (Å²) in [5.74, 6) is 2.00. The highest BCUT2D eigenvalue weighted by Crippen LogP contribution is 2.41. The van der Waals surface area contributed by atoms with Crippen LogP contribution in [0.5, 0.6) is 0 Å². The van der Waals surface area contributed by atoms with Crippen molar-refractivity contribution >= 4 is 38.8 Å². The lowest BCUT2D eigenvalue weighted by atomic mass is 9.92. The Balaban J connectivity index is 1.26. The number of rotatable bonds is 4. The Kier molecular flexibility index (Phi) is 5.91. The first-order valence-corrected chi connectivity index (χ1v) is 15.3. The molecule has 45 heavy (non-hydrogen) atoms. The summed E-state index contributed by atoms with van der Waals surface area (Å²) in [5, 5.41) is 4.47. The van der Waals surface area contributed by atoms with E-state index in [1.807, 2.05) is 36.4 Å².